The number of rotatable bonds is 2. The number of halogens is 3. The van der Waals surface area contributed by atoms with Gasteiger partial charge in [-0.3, -0.25) is 0 Å². The molecule has 1 rings (SSSR count). The molecular weight excluding hydrogens is 226 g/mol. The summed E-state index contributed by atoms with van der Waals surface area (Å²) in [7, 11) is 0. The average molecular weight is 240 g/mol. The second-order valence-electron chi connectivity index (χ2n) is 3.67. The highest BCUT2D eigenvalue weighted by Gasteiger charge is 2.33. The molecule has 74 valence electrons. The molecule has 0 aromatic carbocycles. The summed E-state index contributed by atoms with van der Waals surface area (Å²) in [5.41, 5.74) is 2.77. The molecular formula is C10H13Cl3. The third-order valence-electron chi connectivity index (χ3n) is 2.55. The molecule has 3 heteroatoms. The largest absolute Gasteiger partial charge is 0.122 e. The van der Waals surface area contributed by atoms with Crippen LogP contribution in [0.5, 0.6) is 0 Å². The van der Waals surface area contributed by atoms with Crippen LogP contribution in [0.2, 0.25) is 0 Å². The van der Waals surface area contributed by atoms with Gasteiger partial charge in [0.25, 0.3) is 0 Å². The highest BCUT2D eigenvalue weighted by molar-refractivity contribution is 6.25. The van der Waals surface area contributed by atoms with E-state index in [9.17, 15) is 0 Å². The third kappa shape index (κ3) is 2.65. The van der Waals surface area contributed by atoms with E-state index in [2.05, 4.69) is 13.0 Å². The Kier molecular flexibility index (Phi) is 4.15. The van der Waals surface area contributed by atoms with Crippen LogP contribution in [0.1, 0.15) is 19.8 Å². The first-order chi connectivity index (χ1) is 6.12. The minimum Gasteiger partial charge on any atom is -0.122 e. The normalized spacial score (nSPS) is 35.1. The molecule has 0 saturated heterocycles. The van der Waals surface area contributed by atoms with Crippen molar-refractivity contribution in [3.05, 3.63) is 23.3 Å². The minimum atomic E-state index is -0.0394. The summed E-state index contributed by atoms with van der Waals surface area (Å²) in [6.45, 7) is 2.11. The van der Waals surface area contributed by atoms with Gasteiger partial charge in [0, 0.05) is 22.2 Å². The highest BCUT2D eigenvalue weighted by Crippen LogP contribution is 2.41. The fraction of sp³-hybridized carbons (Fsp3) is 0.600. The molecule has 1 aliphatic rings. The van der Waals surface area contributed by atoms with Crippen molar-refractivity contribution < 1.29 is 0 Å². The van der Waals surface area contributed by atoms with Crippen molar-refractivity contribution in [3.8, 4) is 0 Å². The van der Waals surface area contributed by atoms with Crippen molar-refractivity contribution in [1.29, 1.82) is 0 Å². The first kappa shape index (κ1) is 11.4. The quantitative estimate of drug-likeness (QED) is 0.497. The topological polar surface area (TPSA) is 0 Å². The maximum absolute atomic E-state index is 6.23. The summed E-state index contributed by atoms with van der Waals surface area (Å²) >= 11 is 17.6. The Hall–Kier alpha value is 0.350. The van der Waals surface area contributed by atoms with Crippen LogP contribution in [0, 0.1) is 5.41 Å². The molecule has 0 aromatic rings. The van der Waals surface area contributed by atoms with Gasteiger partial charge in [0.2, 0.25) is 0 Å². The van der Waals surface area contributed by atoms with Gasteiger partial charge in [-0.1, -0.05) is 36.2 Å². The standard InChI is InChI=1S/C10H13Cl3/c1-10(4-5-11)6-8(7-12)2-3-9(10)13/h2,4-5,9H,3,6-7H2,1H3/b5-4+/t9-,10+/m1/s1. The van der Waals surface area contributed by atoms with Gasteiger partial charge >= 0.3 is 0 Å². The molecule has 0 fully saturated rings. The van der Waals surface area contributed by atoms with Crippen molar-refractivity contribution in [3.63, 3.8) is 0 Å². The smallest absolute Gasteiger partial charge is 0.0462 e. The van der Waals surface area contributed by atoms with E-state index in [1.54, 1.807) is 5.54 Å². The molecule has 1 aliphatic carbocycles. The van der Waals surface area contributed by atoms with Crippen LogP contribution in [0.3, 0.4) is 0 Å². The number of hydrogen-bond donors (Lipinski definition) is 0. The summed E-state index contributed by atoms with van der Waals surface area (Å²) in [6, 6.07) is 0. The molecule has 0 aromatic heterocycles. The molecule has 0 radical (unpaired) electrons. The predicted molar refractivity (Wildman–Crippen MR) is 60.8 cm³/mol. The molecule has 0 nitrogen and oxygen atoms in total. The van der Waals surface area contributed by atoms with Crippen LogP contribution in [0.25, 0.3) is 0 Å². The third-order valence-corrected chi connectivity index (χ3v) is 3.70. The summed E-state index contributed by atoms with van der Waals surface area (Å²) in [4.78, 5) is 0. The molecule has 2 atom stereocenters. The van der Waals surface area contributed by atoms with E-state index in [1.807, 2.05) is 6.08 Å². The Bertz CT molecular complexity index is 232. The lowest BCUT2D eigenvalue weighted by atomic mass is 9.76. The van der Waals surface area contributed by atoms with E-state index in [0.717, 1.165) is 12.8 Å². The first-order valence-corrected chi connectivity index (χ1v) is 5.69. The van der Waals surface area contributed by atoms with Crippen molar-refractivity contribution in [2.75, 3.05) is 5.88 Å². The van der Waals surface area contributed by atoms with Crippen molar-refractivity contribution >= 4 is 34.8 Å². The highest BCUT2D eigenvalue weighted by atomic mass is 35.5. The molecule has 13 heavy (non-hydrogen) atoms. The maximum Gasteiger partial charge on any atom is 0.0462 e. The minimum absolute atomic E-state index is 0.0394. The maximum atomic E-state index is 6.23. The fourth-order valence-electron chi connectivity index (χ4n) is 1.62. The van der Waals surface area contributed by atoms with E-state index >= 15 is 0 Å². The zero-order valence-electron chi connectivity index (χ0n) is 7.56. The molecule has 0 aliphatic heterocycles. The van der Waals surface area contributed by atoms with Gasteiger partial charge in [0.05, 0.1) is 0 Å². The van der Waals surface area contributed by atoms with Gasteiger partial charge in [-0.15, -0.1) is 23.2 Å². The van der Waals surface area contributed by atoms with E-state index in [4.69, 9.17) is 34.8 Å². The van der Waals surface area contributed by atoms with Crippen LogP contribution in [-0.2, 0) is 0 Å². The van der Waals surface area contributed by atoms with Crippen LogP contribution in [-0.4, -0.2) is 11.3 Å². The SMILES string of the molecule is C[C@]1(/C=C/Cl)CC(CCl)=CC[C@H]1Cl. The van der Waals surface area contributed by atoms with Crippen LogP contribution in [0.4, 0.5) is 0 Å². The first-order valence-electron chi connectivity index (χ1n) is 4.28. The van der Waals surface area contributed by atoms with Gasteiger partial charge in [-0.05, 0) is 12.8 Å². The van der Waals surface area contributed by atoms with Crippen molar-refractivity contribution in [2.45, 2.75) is 25.1 Å². The van der Waals surface area contributed by atoms with Gasteiger partial charge in [-0.25, -0.2) is 0 Å². The molecule has 0 amide bonds. The summed E-state index contributed by atoms with van der Waals surface area (Å²) in [5.74, 6) is 0.593. The van der Waals surface area contributed by atoms with Gasteiger partial charge in [0.15, 0.2) is 0 Å². The van der Waals surface area contributed by atoms with Gasteiger partial charge < -0.3 is 0 Å². The number of hydrogen-bond acceptors (Lipinski definition) is 0. The molecule has 0 N–H and O–H groups in total. The molecule has 0 unspecified atom stereocenters. The monoisotopic (exact) mass is 238 g/mol. The van der Waals surface area contributed by atoms with Crippen LogP contribution < -0.4 is 0 Å². The zero-order valence-corrected chi connectivity index (χ0v) is 9.83. The van der Waals surface area contributed by atoms with Crippen LogP contribution in [0.15, 0.2) is 23.3 Å². The fourth-order valence-corrected chi connectivity index (χ4v) is 2.35. The Balaban J connectivity index is 2.81. The van der Waals surface area contributed by atoms with E-state index < -0.39 is 0 Å². The molecule has 0 heterocycles. The summed E-state index contributed by atoms with van der Waals surface area (Å²) in [6.07, 6.45) is 5.88. The predicted octanol–water partition coefficient (Wildman–Crippen LogP) is 4.31. The van der Waals surface area contributed by atoms with Crippen LogP contribution >= 0.6 is 34.8 Å². The molecule has 0 saturated carbocycles. The number of allylic oxidation sites excluding steroid dienone is 3. The summed E-state index contributed by atoms with van der Waals surface area (Å²) < 4.78 is 0. The second kappa shape index (κ2) is 4.72. The Morgan fingerprint density at radius 3 is 2.92 bits per heavy atom. The Morgan fingerprint density at radius 1 is 1.69 bits per heavy atom. The van der Waals surface area contributed by atoms with Gasteiger partial charge in [-0.2, -0.15) is 0 Å². The average Bonchev–Trinajstić information content (AvgIpc) is 2.10. The summed E-state index contributed by atoms with van der Waals surface area (Å²) in [5, 5.41) is 0.120. The van der Waals surface area contributed by atoms with E-state index in [1.165, 1.54) is 5.57 Å². The lowest BCUT2D eigenvalue weighted by molar-refractivity contribution is 0.383. The second-order valence-corrected chi connectivity index (χ2v) is 4.72. The lowest BCUT2D eigenvalue weighted by Gasteiger charge is -2.35. The Morgan fingerprint density at radius 2 is 2.38 bits per heavy atom. The Labute approximate surface area is 94.5 Å². The van der Waals surface area contributed by atoms with Crippen molar-refractivity contribution in [1.82, 2.24) is 0 Å². The van der Waals surface area contributed by atoms with E-state index in [-0.39, 0.29) is 10.8 Å². The van der Waals surface area contributed by atoms with Gasteiger partial charge in [0.1, 0.15) is 0 Å². The van der Waals surface area contributed by atoms with Crippen molar-refractivity contribution in [2.24, 2.45) is 5.41 Å². The zero-order chi connectivity index (χ0) is 9.90. The number of alkyl halides is 2. The molecule has 0 bridgehead atoms. The van der Waals surface area contributed by atoms with E-state index in [0.29, 0.717) is 5.88 Å². The lowest BCUT2D eigenvalue weighted by Crippen LogP contribution is -2.29. The molecule has 0 spiro atoms.